The summed E-state index contributed by atoms with van der Waals surface area (Å²) < 4.78 is 0. The molecule has 1 aliphatic rings. The number of rotatable bonds is 3. The third kappa shape index (κ3) is 2.56. The van der Waals surface area contributed by atoms with Gasteiger partial charge in [-0.15, -0.1) is 5.10 Å². The summed E-state index contributed by atoms with van der Waals surface area (Å²) in [5.41, 5.74) is 1.51. The topological polar surface area (TPSA) is 108 Å². The van der Waals surface area contributed by atoms with Gasteiger partial charge in [0.2, 0.25) is 5.95 Å². The molecule has 18 heavy (non-hydrogen) atoms. The fraction of sp³-hybridized carbons (Fsp3) is 0.636. The average Bonchev–Trinajstić information content (AvgIpc) is 2.66. The minimum Gasteiger partial charge on any atom is -0.481 e. The zero-order valence-corrected chi connectivity index (χ0v) is 10.3. The van der Waals surface area contributed by atoms with E-state index in [1.165, 1.54) is 0 Å². The highest BCUT2D eigenvalue weighted by molar-refractivity contribution is 5.70. The Morgan fingerprint density at radius 3 is 2.56 bits per heavy atom. The summed E-state index contributed by atoms with van der Waals surface area (Å²) in [5.74, 6) is -1.07. The summed E-state index contributed by atoms with van der Waals surface area (Å²) >= 11 is 0. The molecule has 7 heteroatoms. The Balaban J connectivity index is 2.05. The van der Waals surface area contributed by atoms with Gasteiger partial charge in [-0.2, -0.15) is 5.10 Å². The quantitative estimate of drug-likeness (QED) is 0.701. The summed E-state index contributed by atoms with van der Waals surface area (Å²) in [7, 11) is 0. The molecule has 1 saturated carbocycles. The van der Waals surface area contributed by atoms with E-state index in [0.717, 1.165) is 11.4 Å². The standard InChI is InChI=1S/C11H16N4O3/c1-5-6(2)14-15-11(12-5)13-8-3-7(10(17)18)4-9(8)16/h7-9,16H,3-4H2,1-2H3,(H,17,18)(H,12,13,15). The van der Waals surface area contributed by atoms with Gasteiger partial charge in [0.1, 0.15) is 0 Å². The van der Waals surface area contributed by atoms with Gasteiger partial charge in [-0.25, -0.2) is 4.98 Å². The van der Waals surface area contributed by atoms with E-state index < -0.39 is 18.0 Å². The second-order valence-electron chi connectivity index (χ2n) is 4.63. The first-order chi connectivity index (χ1) is 8.47. The Hall–Kier alpha value is -1.76. The van der Waals surface area contributed by atoms with E-state index in [1.807, 2.05) is 13.8 Å². The minimum atomic E-state index is -0.877. The molecule has 3 atom stereocenters. The van der Waals surface area contributed by atoms with Crippen LogP contribution in [0.1, 0.15) is 24.2 Å². The molecule has 3 unspecified atom stereocenters. The van der Waals surface area contributed by atoms with Crippen LogP contribution in [0.4, 0.5) is 5.95 Å². The summed E-state index contributed by atoms with van der Waals surface area (Å²) in [5, 5.41) is 29.5. The molecule has 0 amide bonds. The first-order valence-corrected chi connectivity index (χ1v) is 5.82. The molecule has 1 aromatic rings. The van der Waals surface area contributed by atoms with Crippen molar-refractivity contribution in [2.75, 3.05) is 5.32 Å². The van der Waals surface area contributed by atoms with Crippen LogP contribution in [0.25, 0.3) is 0 Å². The van der Waals surface area contributed by atoms with E-state index in [0.29, 0.717) is 12.4 Å². The summed E-state index contributed by atoms with van der Waals surface area (Å²) in [6.45, 7) is 3.63. The number of hydrogen-bond acceptors (Lipinski definition) is 6. The number of nitrogens with one attached hydrogen (secondary N) is 1. The van der Waals surface area contributed by atoms with Gasteiger partial charge in [0, 0.05) is 0 Å². The van der Waals surface area contributed by atoms with Gasteiger partial charge in [0.25, 0.3) is 0 Å². The molecule has 0 radical (unpaired) electrons. The van der Waals surface area contributed by atoms with Crippen molar-refractivity contribution in [3.05, 3.63) is 11.4 Å². The van der Waals surface area contributed by atoms with E-state index in [1.54, 1.807) is 0 Å². The van der Waals surface area contributed by atoms with Crippen molar-refractivity contribution in [2.45, 2.75) is 38.8 Å². The molecule has 1 aliphatic carbocycles. The molecule has 0 aromatic carbocycles. The lowest BCUT2D eigenvalue weighted by Crippen LogP contribution is -2.29. The van der Waals surface area contributed by atoms with Crippen LogP contribution in [-0.4, -0.2) is 43.5 Å². The number of anilines is 1. The highest BCUT2D eigenvalue weighted by Gasteiger charge is 2.37. The predicted octanol–water partition coefficient (Wildman–Crippen LogP) is 0.124. The Kier molecular flexibility index (Phi) is 3.42. The monoisotopic (exact) mass is 252 g/mol. The maximum absolute atomic E-state index is 10.9. The van der Waals surface area contributed by atoms with Crippen LogP contribution in [0.5, 0.6) is 0 Å². The Morgan fingerprint density at radius 2 is 2.00 bits per heavy atom. The fourth-order valence-corrected chi connectivity index (χ4v) is 2.06. The van der Waals surface area contributed by atoms with Crippen LogP contribution in [-0.2, 0) is 4.79 Å². The molecule has 1 heterocycles. The van der Waals surface area contributed by atoms with Crippen molar-refractivity contribution >= 4 is 11.9 Å². The van der Waals surface area contributed by atoms with Gasteiger partial charge >= 0.3 is 5.97 Å². The van der Waals surface area contributed by atoms with Gasteiger partial charge in [-0.1, -0.05) is 0 Å². The lowest BCUT2D eigenvalue weighted by Gasteiger charge is -2.15. The van der Waals surface area contributed by atoms with Crippen LogP contribution < -0.4 is 5.32 Å². The lowest BCUT2D eigenvalue weighted by molar-refractivity contribution is -0.141. The van der Waals surface area contributed by atoms with E-state index in [4.69, 9.17) is 5.11 Å². The largest absolute Gasteiger partial charge is 0.481 e. The zero-order valence-electron chi connectivity index (χ0n) is 10.3. The number of carbonyl (C=O) groups is 1. The molecule has 0 spiro atoms. The second-order valence-corrected chi connectivity index (χ2v) is 4.63. The first-order valence-electron chi connectivity index (χ1n) is 5.82. The van der Waals surface area contributed by atoms with E-state index in [2.05, 4.69) is 20.5 Å². The summed E-state index contributed by atoms with van der Waals surface area (Å²) in [6.07, 6.45) is -0.0748. The van der Waals surface area contributed by atoms with E-state index in [-0.39, 0.29) is 12.5 Å². The van der Waals surface area contributed by atoms with Gasteiger partial charge < -0.3 is 15.5 Å². The molecule has 7 nitrogen and oxygen atoms in total. The van der Waals surface area contributed by atoms with Crippen LogP contribution in [0.3, 0.4) is 0 Å². The number of hydrogen-bond donors (Lipinski definition) is 3. The zero-order chi connectivity index (χ0) is 13.3. The number of nitrogens with zero attached hydrogens (tertiary/aromatic N) is 3. The molecule has 1 fully saturated rings. The normalized spacial score (nSPS) is 27.2. The number of aliphatic hydroxyl groups is 1. The molecule has 3 N–H and O–H groups in total. The van der Waals surface area contributed by atoms with Gasteiger partial charge in [0.15, 0.2) is 0 Å². The minimum absolute atomic E-state index is 0.255. The molecule has 1 aromatic heterocycles. The third-order valence-corrected chi connectivity index (χ3v) is 3.28. The summed E-state index contributed by atoms with van der Waals surface area (Å²) in [6, 6.07) is -0.338. The van der Waals surface area contributed by atoms with Crippen molar-refractivity contribution in [1.82, 2.24) is 15.2 Å². The highest BCUT2D eigenvalue weighted by Crippen LogP contribution is 2.28. The van der Waals surface area contributed by atoms with Crippen molar-refractivity contribution < 1.29 is 15.0 Å². The van der Waals surface area contributed by atoms with E-state index in [9.17, 15) is 9.90 Å². The number of aryl methyl sites for hydroxylation is 2. The number of aliphatic carboxylic acids is 1. The molecule has 0 aliphatic heterocycles. The second kappa shape index (κ2) is 4.85. The van der Waals surface area contributed by atoms with Crippen LogP contribution >= 0.6 is 0 Å². The molecule has 98 valence electrons. The molecular weight excluding hydrogens is 236 g/mol. The Labute approximate surface area is 104 Å². The number of aromatic nitrogens is 3. The van der Waals surface area contributed by atoms with Crippen molar-refractivity contribution in [3.63, 3.8) is 0 Å². The van der Waals surface area contributed by atoms with Gasteiger partial charge in [0.05, 0.1) is 29.5 Å². The molecule has 0 saturated heterocycles. The molecular formula is C11H16N4O3. The van der Waals surface area contributed by atoms with Gasteiger partial charge in [-0.3, -0.25) is 4.79 Å². The lowest BCUT2D eigenvalue weighted by atomic mass is 10.1. The first kappa shape index (κ1) is 12.7. The average molecular weight is 252 g/mol. The number of carboxylic acids is 1. The summed E-state index contributed by atoms with van der Waals surface area (Å²) in [4.78, 5) is 15.1. The predicted molar refractivity (Wildman–Crippen MR) is 63.1 cm³/mol. The smallest absolute Gasteiger partial charge is 0.306 e. The SMILES string of the molecule is Cc1nnc(NC2CC(C(=O)O)CC2O)nc1C. The highest BCUT2D eigenvalue weighted by atomic mass is 16.4. The number of aliphatic hydroxyl groups excluding tert-OH is 1. The van der Waals surface area contributed by atoms with Crippen molar-refractivity contribution in [2.24, 2.45) is 5.92 Å². The van der Waals surface area contributed by atoms with Crippen LogP contribution in [0.2, 0.25) is 0 Å². The molecule has 2 rings (SSSR count). The van der Waals surface area contributed by atoms with Crippen molar-refractivity contribution in [3.8, 4) is 0 Å². The van der Waals surface area contributed by atoms with Crippen LogP contribution in [0.15, 0.2) is 0 Å². The van der Waals surface area contributed by atoms with Crippen LogP contribution in [0, 0.1) is 19.8 Å². The number of carboxylic acid groups (broad SMARTS) is 1. The maximum atomic E-state index is 10.9. The van der Waals surface area contributed by atoms with Crippen molar-refractivity contribution in [1.29, 1.82) is 0 Å². The Morgan fingerprint density at radius 1 is 1.28 bits per heavy atom. The Bertz CT molecular complexity index is 466. The van der Waals surface area contributed by atoms with Gasteiger partial charge in [-0.05, 0) is 26.7 Å². The fourth-order valence-electron chi connectivity index (χ4n) is 2.06. The maximum Gasteiger partial charge on any atom is 0.306 e. The van der Waals surface area contributed by atoms with E-state index >= 15 is 0 Å². The third-order valence-electron chi connectivity index (χ3n) is 3.28. The molecule has 0 bridgehead atoms.